The molecule has 0 saturated carbocycles. The van der Waals surface area contributed by atoms with Crippen LogP contribution in [0.15, 0.2) is 30.3 Å². The van der Waals surface area contributed by atoms with Gasteiger partial charge in [0, 0.05) is 12.1 Å². The van der Waals surface area contributed by atoms with Gasteiger partial charge in [0.05, 0.1) is 14.2 Å². The van der Waals surface area contributed by atoms with Gasteiger partial charge in [0.25, 0.3) is 5.91 Å². The van der Waals surface area contributed by atoms with Gasteiger partial charge in [-0.15, -0.1) is 0 Å². The minimum atomic E-state index is -0.00656. The van der Waals surface area contributed by atoms with Crippen molar-refractivity contribution in [2.24, 2.45) is 0 Å². The number of methoxy groups -OCH3 is 2. The van der Waals surface area contributed by atoms with Gasteiger partial charge in [0.1, 0.15) is 0 Å². The molecule has 134 valence electrons. The minimum Gasteiger partial charge on any atom is -0.493 e. The zero-order valence-electron chi connectivity index (χ0n) is 15.7. The van der Waals surface area contributed by atoms with Crippen molar-refractivity contribution in [1.82, 2.24) is 5.32 Å². The fourth-order valence-corrected chi connectivity index (χ4v) is 2.83. The average molecular weight is 341 g/mol. The molecule has 0 fully saturated rings. The van der Waals surface area contributed by atoms with Gasteiger partial charge in [-0.1, -0.05) is 12.1 Å². The molecule has 1 N–H and O–H groups in total. The highest BCUT2D eigenvalue weighted by molar-refractivity contribution is 5.95. The molecule has 0 atom stereocenters. The lowest BCUT2D eigenvalue weighted by atomic mass is 10.0. The molecule has 0 aliphatic rings. The first kappa shape index (κ1) is 18.8. The van der Waals surface area contributed by atoms with Crippen LogP contribution in [0.5, 0.6) is 11.5 Å². The van der Waals surface area contributed by atoms with Gasteiger partial charge in [0.2, 0.25) is 0 Å². The molecule has 0 aliphatic heterocycles. The molecule has 0 bridgehead atoms. The molecule has 25 heavy (non-hydrogen) atoms. The molecule has 0 spiro atoms. The van der Waals surface area contributed by atoms with Crippen LogP contribution in [0, 0.1) is 20.8 Å². The van der Waals surface area contributed by atoms with E-state index >= 15 is 0 Å². The van der Waals surface area contributed by atoms with E-state index in [0.717, 1.165) is 46.6 Å². The van der Waals surface area contributed by atoms with Crippen LogP contribution < -0.4 is 14.8 Å². The van der Waals surface area contributed by atoms with E-state index in [1.165, 1.54) is 5.56 Å². The summed E-state index contributed by atoms with van der Waals surface area (Å²) in [4.78, 5) is 12.4. The zero-order chi connectivity index (χ0) is 18.4. The Morgan fingerprint density at radius 2 is 1.60 bits per heavy atom. The Labute approximate surface area is 150 Å². The van der Waals surface area contributed by atoms with E-state index in [1.54, 1.807) is 14.2 Å². The zero-order valence-corrected chi connectivity index (χ0v) is 15.7. The Hall–Kier alpha value is -2.49. The quantitative estimate of drug-likeness (QED) is 0.775. The summed E-state index contributed by atoms with van der Waals surface area (Å²) in [5.74, 6) is 1.45. The van der Waals surface area contributed by atoms with Crippen molar-refractivity contribution in [1.29, 1.82) is 0 Å². The van der Waals surface area contributed by atoms with Crippen molar-refractivity contribution in [3.05, 3.63) is 58.1 Å². The molecule has 0 radical (unpaired) electrons. The smallest absolute Gasteiger partial charge is 0.251 e. The highest BCUT2D eigenvalue weighted by atomic mass is 16.5. The first-order valence-corrected chi connectivity index (χ1v) is 8.53. The molecule has 0 aliphatic carbocycles. The predicted molar refractivity (Wildman–Crippen MR) is 101 cm³/mol. The molecule has 0 saturated heterocycles. The van der Waals surface area contributed by atoms with Crippen molar-refractivity contribution in [2.75, 3.05) is 20.8 Å². The second kappa shape index (κ2) is 8.56. The maximum absolute atomic E-state index is 12.4. The second-order valence-corrected chi connectivity index (χ2v) is 6.30. The molecule has 2 rings (SSSR count). The van der Waals surface area contributed by atoms with E-state index in [0.29, 0.717) is 6.54 Å². The number of carbonyl (C=O) groups excluding carboxylic acids is 1. The Balaban J connectivity index is 1.89. The molecule has 1 amide bonds. The molecule has 0 unspecified atom stereocenters. The summed E-state index contributed by atoms with van der Waals surface area (Å²) in [5.41, 5.74) is 5.28. The van der Waals surface area contributed by atoms with Crippen LogP contribution in [-0.4, -0.2) is 26.7 Å². The number of ether oxygens (including phenoxy) is 2. The van der Waals surface area contributed by atoms with E-state index in [-0.39, 0.29) is 5.91 Å². The van der Waals surface area contributed by atoms with Gasteiger partial charge in [-0.05, 0) is 74.1 Å². The molecule has 0 heterocycles. The number of hydrogen-bond acceptors (Lipinski definition) is 3. The fourth-order valence-electron chi connectivity index (χ4n) is 2.83. The first-order valence-electron chi connectivity index (χ1n) is 8.53. The maximum atomic E-state index is 12.4. The van der Waals surface area contributed by atoms with Crippen LogP contribution in [0.4, 0.5) is 0 Å². The first-order chi connectivity index (χ1) is 12.0. The lowest BCUT2D eigenvalue weighted by Gasteiger charge is -2.11. The third-order valence-electron chi connectivity index (χ3n) is 4.46. The van der Waals surface area contributed by atoms with E-state index < -0.39 is 0 Å². The van der Waals surface area contributed by atoms with Gasteiger partial charge in [-0.3, -0.25) is 4.79 Å². The van der Waals surface area contributed by atoms with Crippen molar-refractivity contribution in [2.45, 2.75) is 33.6 Å². The molecular formula is C21H27NO3. The molecule has 4 heteroatoms. The molecule has 0 aromatic heterocycles. The highest BCUT2D eigenvalue weighted by Gasteiger charge is 2.10. The Kier molecular flexibility index (Phi) is 6.45. The standard InChI is InChI=1S/C21H27NO3/c1-14-11-16(3)18(12-15(14)2)21(23)22-10-6-7-17-8-9-19(24-4)20(13-17)25-5/h8-9,11-13H,6-7,10H2,1-5H3,(H,22,23). The summed E-state index contributed by atoms with van der Waals surface area (Å²) in [6.45, 7) is 6.71. The van der Waals surface area contributed by atoms with Gasteiger partial charge in [0.15, 0.2) is 11.5 Å². The number of rotatable bonds is 7. The third-order valence-corrected chi connectivity index (χ3v) is 4.46. The van der Waals surface area contributed by atoms with Crippen LogP contribution in [-0.2, 0) is 6.42 Å². The van der Waals surface area contributed by atoms with Gasteiger partial charge in [-0.2, -0.15) is 0 Å². The SMILES string of the molecule is COc1ccc(CCCNC(=O)c2cc(C)c(C)cc2C)cc1OC. The summed E-state index contributed by atoms with van der Waals surface area (Å²) < 4.78 is 10.6. The summed E-state index contributed by atoms with van der Waals surface area (Å²) in [5, 5.41) is 3.01. The average Bonchev–Trinajstić information content (AvgIpc) is 2.61. The lowest BCUT2D eigenvalue weighted by molar-refractivity contribution is 0.0952. The number of hydrogen-bond donors (Lipinski definition) is 1. The lowest BCUT2D eigenvalue weighted by Crippen LogP contribution is -2.25. The molecular weight excluding hydrogens is 314 g/mol. The normalized spacial score (nSPS) is 10.4. The fraction of sp³-hybridized carbons (Fsp3) is 0.381. The topological polar surface area (TPSA) is 47.6 Å². The van der Waals surface area contributed by atoms with E-state index in [4.69, 9.17) is 9.47 Å². The van der Waals surface area contributed by atoms with E-state index in [2.05, 4.69) is 18.3 Å². The number of carbonyl (C=O) groups is 1. The Morgan fingerprint density at radius 1 is 0.920 bits per heavy atom. The van der Waals surface area contributed by atoms with Gasteiger partial charge >= 0.3 is 0 Å². The monoisotopic (exact) mass is 341 g/mol. The van der Waals surface area contributed by atoms with Crippen LogP contribution >= 0.6 is 0 Å². The second-order valence-electron chi connectivity index (χ2n) is 6.30. The molecule has 2 aromatic carbocycles. The summed E-state index contributed by atoms with van der Waals surface area (Å²) in [6, 6.07) is 9.94. The van der Waals surface area contributed by atoms with Gasteiger partial charge < -0.3 is 14.8 Å². The summed E-state index contributed by atoms with van der Waals surface area (Å²) in [7, 11) is 3.26. The Bertz CT molecular complexity index is 753. The maximum Gasteiger partial charge on any atom is 0.251 e. The van der Waals surface area contributed by atoms with E-state index in [9.17, 15) is 4.79 Å². The number of benzene rings is 2. The minimum absolute atomic E-state index is 0.00656. The van der Waals surface area contributed by atoms with Crippen LogP contribution in [0.25, 0.3) is 0 Å². The van der Waals surface area contributed by atoms with Crippen LogP contribution in [0.1, 0.15) is 39.0 Å². The van der Waals surface area contributed by atoms with Crippen molar-refractivity contribution >= 4 is 5.91 Å². The predicted octanol–water partition coefficient (Wildman–Crippen LogP) is 3.99. The van der Waals surface area contributed by atoms with Crippen molar-refractivity contribution in [3.63, 3.8) is 0 Å². The number of amides is 1. The van der Waals surface area contributed by atoms with E-state index in [1.807, 2.05) is 38.1 Å². The van der Waals surface area contributed by atoms with Crippen molar-refractivity contribution < 1.29 is 14.3 Å². The van der Waals surface area contributed by atoms with Crippen LogP contribution in [0.3, 0.4) is 0 Å². The summed E-state index contributed by atoms with van der Waals surface area (Å²) >= 11 is 0. The highest BCUT2D eigenvalue weighted by Crippen LogP contribution is 2.27. The third kappa shape index (κ3) is 4.75. The van der Waals surface area contributed by atoms with Crippen LogP contribution in [0.2, 0.25) is 0 Å². The number of nitrogens with one attached hydrogen (secondary N) is 1. The molecule has 2 aromatic rings. The Morgan fingerprint density at radius 3 is 2.28 bits per heavy atom. The number of aryl methyl sites for hydroxylation is 4. The van der Waals surface area contributed by atoms with Crippen molar-refractivity contribution in [3.8, 4) is 11.5 Å². The summed E-state index contributed by atoms with van der Waals surface area (Å²) in [6.07, 6.45) is 1.73. The largest absolute Gasteiger partial charge is 0.493 e. The van der Waals surface area contributed by atoms with Gasteiger partial charge in [-0.25, -0.2) is 0 Å². The molecule has 4 nitrogen and oxygen atoms in total.